The fourth-order valence-corrected chi connectivity index (χ4v) is 4.91. The van der Waals surface area contributed by atoms with Gasteiger partial charge in [-0.25, -0.2) is 0 Å². The number of anilines is 1. The Hall–Kier alpha value is -4.71. The van der Waals surface area contributed by atoms with Crippen molar-refractivity contribution < 1.29 is 28.5 Å². The fraction of sp³-hybridized carbons (Fsp3) is 0.267. The number of aryl methyl sites for hydroxylation is 1. The van der Waals surface area contributed by atoms with Crippen LogP contribution in [-0.4, -0.2) is 60.3 Å². The maximum atomic E-state index is 13.1. The number of aromatic nitrogens is 3. The van der Waals surface area contributed by atoms with Crippen molar-refractivity contribution >= 4 is 29.3 Å². The van der Waals surface area contributed by atoms with Gasteiger partial charge in [0, 0.05) is 16.9 Å². The summed E-state index contributed by atoms with van der Waals surface area (Å²) in [5.41, 5.74) is 2.84. The highest BCUT2D eigenvalue weighted by Crippen LogP contribution is 2.38. The van der Waals surface area contributed by atoms with Crippen LogP contribution in [0.15, 0.2) is 65.8 Å². The number of nitrogens with zero attached hydrogens (tertiary/aromatic N) is 3. The number of hydrogen-bond acceptors (Lipinski definition) is 9. The Labute approximate surface area is 248 Å². The average molecular weight is 592 g/mol. The monoisotopic (exact) mass is 591 g/mol. The summed E-state index contributed by atoms with van der Waals surface area (Å²) in [6.07, 6.45) is 0. The summed E-state index contributed by atoms with van der Waals surface area (Å²) < 4.78 is 23.4. The first-order valence-corrected chi connectivity index (χ1v) is 14.1. The number of thioether (sulfide) groups is 1. The van der Waals surface area contributed by atoms with E-state index in [0.717, 1.165) is 17.0 Å². The van der Waals surface area contributed by atoms with Crippen LogP contribution in [0.4, 0.5) is 5.69 Å². The molecule has 0 unspecified atom stereocenters. The number of benzene rings is 3. The summed E-state index contributed by atoms with van der Waals surface area (Å²) in [5, 5.41) is 15.0. The number of amides is 2. The Bertz CT molecular complexity index is 1510. The Kier molecular flexibility index (Phi) is 10.3. The largest absolute Gasteiger partial charge is 0.494 e. The van der Waals surface area contributed by atoms with Crippen molar-refractivity contribution in [2.24, 2.45) is 0 Å². The molecule has 0 spiro atoms. The van der Waals surface area contributed by atoms with E-state index in [9.17, 15) is 9.59 Å². The lowest BCUT2D eigenvalue weighted by Crippen LogP contribution is -2.25. The zero-order valence-corrected chi connectivity index (χ0v) is 24.9. The number of ether oxygens (including phenoxy) is 4. The number of methoxy groups -OCH3 is 3. The predicted octanol–water partition coefficient (Wildman–Crippen LogP) is 4.66. The minimum Gasteiger partial charge on any atom is -0.494 e. The molecule has 1 heterocycles. The molecule has 12 heteroatoms. The van der Waals surface area contributed by atoms with Crippen molar-refractivity contribution in [3.63, 3.8) is 0 Å². The number of carbonyl (C=O) groups excluding carboxylic acids is 2. The van der Waals surface area contributed by atoms with Crippen LogP contribution < -0.4 is 29.6 Å². The van der Waals surface area contributed by atoms with Gasteiger partial charge in [0.1, 0.15) is 5.75 Å². The van der Waals surface area contributed by atoms with E-state index in [0.29, 0.717) is 46.1 Å². The molecule has 0 aliphatic carbocycles. The number of nitrogens with one attached hydrogen (secondary N) is 2. The van der Waals surface area contributed by atoms with Gasteiger partial charge < -0.3 is 29.6 Å². The second-order valence-corrected chi connectivity index (χ2v) is 9.91. The van der Waals surface area contributed by atoms with E-state index in [2.05, 4.69) is 20.8 Å². The molecule has 4 aromatic rings. The Morgan fingerprint density at radius 1 is 0.929 bits per heavy atom. The molecule has 3 aromatic carbocycles. The van der Waals surface area contributed by atoms with E-state index in [-0.39, 0.29) is 24.1 Å². The number of rotatable bonds is 13. The standard InChI is InChI=1S/C30H33N5O6S/c1-6-41-23-12-10-21(11-13-23)32-27(36)18-42-30-34-33-26(35(30)22-9-7-8-19(2)14-22)17-31-29(37)20-15-24(38-3)28(40-5)25(16-20)39-4/h7-16H,6,17-18H2,1-5H3,(H,31,37)(H,32,36). The first-order chi connectivity index (χ1) is 20.4. The summed E-state index contributed by atoms with van der Waals surface area (Å²) in [6.45, 7) is 4.55. The molecule has 220 valence electrons. The van der Waals surface area contributed by atoms with Gasteiger partial charge in [-0.2, -0.15) is 0 Å². The summed E-state index contributed by atoms with van der Waals surface area (Å²) in [7, 11) is 4.47. The Morgan fingerprint density at radius 2 is 1.64 bits per heavy atom. The second-order valence-electron chi connectivity index (χ2n) is 8.96. The fourth-order valence-electron chi connectivity index (χ4n) is 4.14. The van der Waals surface area contributed by atoms with E-state index in [1.54, 1.807) is 36.4 Å². The maximum Gasteiger partial charge on any atom is 0.251 e. The van der Waals surface area contributed by atoms with Crippen LogP contribution in [0, 0.1) is 6.92 Å². The predicted molar refractivity (Wildman–Crippen MR) is 160 cm³/mol. The lowest BCUT2D eigenvalue weighted by Gasteiger charge is -2.14. The minimum absolute atomic E-state index is 0.0787. The summed E-state index contributed by atoms with van der Waals surface area (Å²) >= 11 is 1.24. The van der Waals surface area contributed by atoms with Gasteiger partial charge in [0.05, 0.1) is 40.2 Å². The van der Waals surface area contributed by atoms with E-state index < -0.39 is 0 Å². The highest BCUT2D eigenvalue weighted by molar-refractivity contribution is 7.99. The molecule has 0 fully saturated rings. The average Bonchev–Trinajstić information content (AvgIpc) is 3.41. The van der Waals surface area contributed by atoms with Crippen LogP contribution in [0.2, 0.25) is 0 Å². The Balaban J connectivity index is 1.50. The van der Waals surface area contributed by atoms with Crippen LogP contribution in [0.25, 0.3) is 5.69 Å². The van der Waals surface area contributed by atoms with E-state index in [1.807, 2.05) is 42.7 Å². The van der Waals surface area contributed by atoms with Crippen molar-refractivity contribution in [3.05, 3.63) is 77.6 Å². The van der Waals surface area contributed by atoms with Gasteiger partial charge in [-0.05, 0) is 67.9 Å². The van der Waals surface area contributed by atoms with Gasteiger partial charge in [0.2, 0.25) is 11.7 Å². The van der Waals surface area contributed by atoms with Crippen LogP contribution in [0.3, 0.4) is 0 Å². The van der Waals surface area contributed by atoms with Crippen molar-refractivity contribution in [2.75, 3.05) is 39.0 Å². The normalized spacial score (nSPS) is 10.6. The topological polar surface area (TPSA) is 126 Å². The van der Waals surface area contributed by atoms with Gasteiger partial charge in [-0.1, -0.05) is 23.9 Å². The SMILES string of the molecule is CCOc1ccc(NC(=O)CSc2nnc(CNC(=O)c3cc(OC)c(OC)c(OC)c3)n2-c2cccc(C)c2)cc1. The highest BCUT2D eigenvalue weighted by Gasteiger charge is 2.20. The molecule has 0 saturated carbocycles. The summed E-state index contributed by atoms with van der Waals surface area (Å²) in [4.78, 5) is 25.8. The van der Waals surface area contributed by atoms with E-state index in [4.69, 9.17) is 18.9 Å². The third-order valence-electron chi connectivity index (χ3n) is 6.08. The number of carbonyl (C=O) groups is 2. The second kappa shape index (κ2) is 14.3. The van der Waals surface area contributed by atoms with Gasteiger partial charge in [0.15, 0.2) is 22.5 Å². The molecule has 0 aliphatic rings. The molecular weight excluding hydrogens is 558 g/mol. The molecule has 0 atom stereocenters. The van der Waals surface area contributed by atoms with Crippen LogP contribution in [0.1, 0.15) is 28.7 Å². The van der Waals surface area contributed by atoms with Crippen LogP contribution >= 0.6 is 11.8 Å². The molecule has 0 radical (unpaired) electrons. The zero-order chi connectivity index (χ0) is 30.1. The molecule has 4 rings (SSSR count). The summed E-state index contributed by atoms with van der Waals surface area (Å²) in [5.74, 6) is 1.91. The minimum atomic E-state index is -0.364. The maximum absolute atomic E-state index is 13.1. The summed E-state index contributed by atoms with van der Waals surface area (Å²) in [6, 6.07) is 18.2. The van der Waals surface area contributed by atoms with Crippen molar-refractivity contribution in [2.45, 2.75) is 25.5 Å². The molecular formula is C30H33N5O6S. The first kappa shape index (κ1) is 30.3. The zero-order valence-electron chi connectivity index (χ0n) is 24.1. The quantitative estimate of drug-likeness (QED) is 0.214. The highest BCUT2D eigenvalue weighted by atomic mass is 32.2. The third kappa shape index (κ3) is 7.32. The molecule has 1 aromatic heterocycles. The molecule has 2 amide bonds. The number of hydrogen-bond donors (Lipinski definition) is 2. The molecule has 0 saturated heterocycles. The molecule has 11 nitrogen and oxygen atoms in total. The van der Waals surface area contributed by atoms with Crippen molar-refractivity contribution in [1.82, 2.24) is 20.1 Å². The first-order valence-electron chi connectivity index (χ1n) is 13.1. The van der Waals surface area contributed by atoms with Crippen LogP contribution in [-0.2, 0) is 11.3 Å². The van der Waals surface area contributed by atoms with Gasteiger partial charge in [0.25, 0.3) is 5.91 Å². The molecule has 0 aliphatic heterocycles. The van der Waals surface area contributed by atoms with Gasteiger partial charge in [-0.15, -0.1) is 10.2 Å². The van der Waals surface area contributed by atoms with E-state index >= 15 is 0 Å². The lowest BCUT2D eigenvalue weighted by atomic mass is 10.1. The molecule has 0 bridgehead atoms. The van der Waals surface area contributed by atoms with Gasteiger partial charge >= 0.3 is 0 Å². The lowest BCUT2D eigenvalue weighted by molar-refractivity contribution is -0.113. The van der Waals surface area contributed by atoms with Crippen molar-refractivity contribution in [1.29, 1.82) is 0 Å². The smallest absolute Gasteiger partial charge is 0.251 e. The van der Waals surface area contributed by atoms with Gasteiger partial charge in [-0.3, -0.25) is 14.2 Å². The third-order valence-corrected chi connectivity index (χ3v) is 7.00. The molecule has 2 N–H and O–H groups in total. The van der Waals surface area contributed by atoms with Crippen LogP contribution in [0.5, 0.6) is 23.0 Å². The van der Waals surface area contributed by atoms with Crippen molar-refractivity contribution in [3.8, 4) is 28.7 Å². The van der Waals surface area contributed by atoms with E-state index in [1.165, 1.54) is 33.1 Å². The Morgan fingerprint density at radius 3 is 2.26 bits per heavy atom. The molecule has 42 heavy (non-hydrogen) atoms.